The van der Waals surface area contributed by atoms with Crippen LogP contribution >= 0.6 is 0 Å². The van der Waals surface area contributed by atoms with Gasteiger partial charge in [-0.1, -0.05) is 95.2 Å². The average molecular weight is 591 g/mol. The molecule has 2 aliphatic carbocycles. The first kappa shape index (κ1) is 31.7. The van der Waals surface area contributed by atoms with Gasteiger partial charge in [-0.05, 0) is 104 Å². The summed E-state index contributed by atoms with van der Waals surface area (Å²) in [4.78, 5) is 0. The Labute approximate surface area is 257 Å². The van der Waals surface area contributed by atoms with Crippen molar-refractivity contribution in [2.75, 3.05) is 6.61 Å². The standard InChI is InChI=1S/C39H49F3O/c1-3-5-7-8-27-9-11-28(12-10-27)29-13-15-30(16-14-29)33-21-22-34(36(40)26-33)31-17-19-32(20-18-31)35-23-24-37(39(42)38(35)41)43-25-6-4-2/h17-24,26-30H,3-16,25H2,1-2H3. The van der Waals surface area contributed by atoms with Crippen molar-refractivity contribution in [3.63, 3.8) is 0 Å². The van der Waals surface area contributed by atoms with Crippen LogP contribution in [0.15, 0.2) is 54.6 Å². The van der Waals surface area contributed by atoms with Gasteiger partial charge in [-0.3, -0.25) is 0 Å². The lowest BCUT2D eigenvalue weighted by molar-refractivity contribution is 0.155. The first-order valence-corrected chi connectivity index (χ1v) is 17.0. The summed E-state index contributed by atoms with van der Waals surface area (Å²) in [6.45, 7) is 4.65. The molecule has 3 aromatic carbocycles. The monoisotopic (exact) mass is 590 g/mol. The van der Waals surface area contributed by atoms with E-state index in [9.17, 15) is 8.78 Å². The van der Waals surface area contributed by atoms with Crippen molar-refractivity contribution in [1.29, 1.82) is 0 Å². The third-order valence-electron chi connectivity index (χ3n) is 10.3. The summed E-state index contributed by atoms with van der Waals surface area (Å²) < 4.78 is 50.2. The topological polar surface area (TPSA) is 9.23 Å². The van der Waals surface area contributed by atoms with Gasteiger partial charge in [-0.2, -0.15) is 4.39 Å². The zero-order valence-corrected chi connectivity index (χ0v) is 26.2. The van der Waals surface area contributed by atoms with Gasteiger partial charge in [0.05, 0.1) is 6.61 Å². The second-order valence-corrected chi connectivity index (χ2v) is 13.1. The molecule has 232 valence electrons. The zero-order chi connectivity index (χ0) is 30.2. The summed E-state index contributed by atoms with van der Waals surface area (Å²) >= 11 is 0. The number of rotatable bonds is 12. The highest BCUT2D eigenvalue weighted by Gasteiger charge is 2.31. The summed E-state index contributed by atoms with van der Waals surface area (Å²) in [6.07, 6.45) is 17.7. The number of halogens is 3. The van der Waals surface area contributed by atoms with E-state index in [0.29, 0.717) is 23.7 Å². The molecule has 0 amide bonds. The summed E-state index contributed by atoms with van der Waals surface area (Å²) in [5, 5.41) is 0. The maximum Gasteiger partial charge on any atom is 0.201 e. The van der Waals surface area contributed by atoms with Gasteiger partial charge in [0.2, 0.25) is 5.82 Å². The Morgan fingerprint density at radius 1 is 0.628 bits per heavy atom. The van der Waals surface area contributed by atoms with Crippen LogP contribution in [-0.2, 0) is 0 Å². The maximum absolute atomic E-state index is 15.4. The normalized spacial score (nSPS) is 22.4. The van der Waals surface area contributed by atoms with E-state index in [0.717, 1.165) is 54.6 Å². The van der Waals surface area contributed by atoms with E-state index in [1.165, 1.54) is 70.3 Å². The number of benzene rings is 3. The fourth-order valence-electron chi connectivity index (χ4n) is 7.60. The zero-order valence-electron chi connectivity index (χ0n) is 26.2. The number of hydrogen-bond donors (Lipinski definition) is 0. The Morgan fingerprint density at radius 3 is 1.86 bits per heavy atom. The molecule has 0 spiro atoms. The van der Waals surface area contributed by atoms with Crippen molar-refractivity contribution < 1.29 is 17.9 Å². The summed E-state index contributed by atoms with van der Waals surface area (Å²) in [7, 11) is 0. The minimum absolute atomic E-state index is 0.0674. The van der Waals surface area contributed by atoms with Crippen molar-refractivity contribution in [3.8, 4) is 28.0 Å². The fourth-order valence-corrected chi connectivity index (χ4v) is 7.60. The van der Waals surface area contributed by atoms with E-state index in [1.807, 2.05) is 13.0 Å². The molecule has 0 atom stereocenters. The van der Waals surface area contributed by atoms with Crippen LogP contribution in [0.2, 0.25) is 0 Å². The van der Waals surface area contributed by atoms with E-state index in [-0.39, 0.29) is 17.1 Å². The van der Waals surface area contributed by atoms with E-state index < -0.39 is 11.6 Å². The van der Waals surface area contributed by atoms with Crippen LogP contribution in [0, 0.1) is 35.2 Å². The molecule has 2 aliphatic rings. The summed E-state index contributed by atoms with van der Waals surface area (Å²) in [5.74, 6) is 0.940. The van der Waals surface area contributed by atoms with Crippen molar-refractivity contribution in [2.24, 2.45) is 17.8 Å². The van der Waals surface area contributed by atoms with Crippen LogP contribution in [0.25, 0.3) is 22.3 Å². The molecule has 2 saturated carbocycles. The molecule has 0 bridgehead atoms. The van der Waals surface area contributed by atoms with E-state index in [4.69, 9.17) is 4.74 Å². The SMILES string of the molecule is CCCCCC1CCC(C2CCC(c3ccc(-c4ccc(-c5ccc(OCCCC)c(F)c5F)cc4)c(F)c3)CC2)CC1. The minimum atomic E-state index is -0.974. The van der Waals surface area contributed by atoms with E-state index in [2.05, 4.69) is 13.0 Å². The molecule has 1 nitrogen and oxygen atoms in total. The minimum Gasteiger partial charge on any atom is -0.490 e. The van der Waals surface area contributed by atoms with Gasteiger partial charge in [0.25, 0.3) is 0 Å². The van der Waals surface area contributed by atoms with Gasteiger partial charge in [0, 0.05) is 11.1 Å². The quantitative estimate of drug-likeness (QED) is 0.191. The highest BCUT2D eigenvalue weighted by Crippen LogP contribution is 2.45. The highest BCUT2D eigenvalue weighted by atomic mass is 19.2. The van der Waals surface area contributed by atoms with Gasteiger partial charge in [0.15, 0.2) is 11.6 Å². The highest BCUT2D eigenvalue weighted by molar-refractivity contribution is 5.71. The average Bonchev–Trinajstić information content (AvgIpc) is 3.04. The first-order chi connectivity index (χ1) is 21.0. The summed E-state index contributed by atoms with van der Waals surface area (Å²) in [5.41, 5.74) is 3.07. The third-order valence-corrected chi connectivity index (χ3v) is 10.3. The molecule has 2 fully saturated rings. The predicted octanol–water partition coefficient (Wildman–Crippen LogP) is 12.3. The van der Waals surface area contributed by atoms with Gasteiger partial charge in [-0.25, -0.2) is 8.78 Å². The van der Waals surface area contributed by atoms with Gasteiger partial charge < -0.3 is 4.74 Å². The van der Waals surface area contributed by atoms with E-state index >= 15 is 4.39 Å². The fraction of sp³-hybridized carbons (Fsp3) is 0.538. The van der Waals surface area contributed by atoms with Gasteiger partial charge in [-0.15, -0.1) is 0 Å². The smallest absolute Gasteiger partial charge is 0.201 e. The molecular formula is C39H49F3O. The molecule has 3 aromatic rings. The largest absolute Gasteiger partial charge is 0.490 e. The second-order valence-electron chi connectivity index (χ2n) is 13.1. The third kappa shape index (κ3) is 7.86. The number of hydrogen-bond acceptors (Lipinski definition) is 1. The van der Waals surface area contributed by atoms with Crippen molar-refractivity contribution in [1.82, 2.24) is 0 Å². The molecule has 0 unspecified atom stereocenters. The van der Waals surface area contributed by atoms with Crippen molar-refractivity contribution in [2.45, 2.75) is 110 Å². The Balaban J connectivity index is 1.16. The van der Waals surface area contributed by atoms with Crippen LogP contribution in [0.4, 0.5) is 13.2 Å². The van der Waals surface area contributed by atoms with E-state index in [1.54, 1.807) is 36.4 Å². The van der Waals surface area contributed by atoms with Gasteiger partial charge in [0.1, 0.15) is 5.82 Å². The molecule has 43 heavy (non-hydrogen) atoms. The molecule has 4 heteroatoms. The molecule has 0 saturated heterocycles. The molecule has 0 aliphatic heterocycles. The summed E-state index contributed by atoms with van der Waals surface area (Å²) in [6, 6.07) is 15.7. The predicted molar refractivity (Wildman–Crippen MR) is 172 cm³/mol. The Morgan fingerprint density at radius 2 is 1.23 bits per heavy atom. The van der Waals surface area contributed by atoms with Crippen LogP contribution in [-0.4, -0.2) is 6.61 Å². The van der Waals surface area contributed by atoms with Crippen LogP contribution in [0.3, 0.4) is 0 Å². The Hall–Kier alpha value is -2.75. The van der Waals surface area contributed by atoms with Crippen molar-refractivity contribution in [3.05, 3.63) is 77.6 Å². The molecule has 0 heterocycles. The van der Waals surface area contributed by atoms with Crippen molar-refractivity contribution >= 4 is 0 Å². The molecule has 0 N–H and O–H groups in total. The number of unbranched alkanes of at least 4 members (excludes halogenated alkanes) is 3. The lowest BCUT2D eigenvalue weighted by Crippen LogP contribution is -2.25. The Kier molecular flexibility index (Phi) is 11.3. The molecular weight excluding hydrogens is 541 g/mol. The Bertz CT molecular complexity index is 1300. The number of ether oxygens (including phenoxy) is 1. The first-order valence-electron chi connectivity index (χ1n) is 17.0. The lowest BCUT2D eigenvalue weighted by atomic mass is 9.68. The molecule has 5 rings (SSSR count). The van der Waals surface area contributed by atoms with Crippen LogP contribution in [0.5, 0.6) is 5.75 Å². The van der Waals surface area contributed by atoms with Gasteiger partial charge >= 0.3 is 0 Å². The molecule has 0 aromatic heterocycles. The lowest BCUT2D eigenvalue weighted by Gasteiger charge is -2.38. The van der Waals surface area contributed by atoms with Crippen LogP contribution < -0.4 is 4.74 Å². The second kappa shape index (κ2) is 15.3. The van der Waals surface area contributed by atoms with Crippen LogP contribution in [0.1, 0.15) is 115 Å². The molecule has 0 radical (unpaired) electrons. The maximum atomic E-state index is 15.4.